The molecule has 0 aliphatic heterocycles. The predicted molar refractivity (Wildman–Crippen MR) is 97.0 cm³/mol. The number of nitrogens with zero attached hydrogens (tertiary/aromatic N) is 2. The predicted octanol–water partition coefficient (Wildman–Crippen LogP) is 4.01. The number of hydrogen-bond acceptors (Lipinski definition) is 5. The largest absolute Gasteiger partial charge is 0.455 e. The third-order valence-corrected chi connectivity index (χ3v) is 4.13. The zero-order valence-corrected chi connectivity index (χ0v) is 14.0. The van der Waals surface area contributed by atoms with E-state index < -0.39 is 0 Å². The number of benzene rings is 2. The number of rotatable bonds is 6. The highest BCUT2D eigenvalue weighted by atomic mass is 32.1. The summed E-state index contributed by atoms with van der Waals surface area (Å²) >= 11 is 1.46. The maximum absolute atomic E-state index is 12.4. The molecule has 0 unspecified atom stereocenters. The average Bonchev–Trinajstić information content (AvgIpc) is 3.14. The first-order valence-corrected chi connectivity index (χ1v) is 8.34. The number of thiazole rings is 1. The average molecular weight is 339 g/mol. The molecule has 122 valence electrons. The highest BCUT2D eigenvalue weighted by Gasteiger charge is 2.15. The van der Waals surface area contributed by atoms with Crippen LogP contribution in [0.1, 0.15) is 0 Å². The van der Waals surface area contributed by atoms with Gasteiger partial charge < -0.3 is 15.0 Å². The Hall–Kier alpha value is -2.86. The smallest absolute Gasteiger partial charge is 0.246 e. The van der Waals surface area contributed by atoms with E-state index in [4.69, 9.17) is 4.74 Å². The van der Waals surface area contributed by atoms with Crippen LogP contribution in [0.5, 0.6) is 11.5 Å². The minimum Gasteiger partial charge on any atom is -0.455 e. The lowest BCUT2D eigenvalue weighted by atomic mass is 10.2. The Labute approximate surface area is 144 Å². The van der Waals surface area contributed by atoms with E-state index in [1.807, 2.05) is 60.0 Å². The molecule has 1 amide bonds. The lowest BCUT2D eigenvalue weighted by Gasteiger charge is -2.20. The number of anilines is 2. The minimum atomic E-state index is -0.0747. The number of carbonyl (C=O) groups excluding carboxylic acids is 1. The molecule has 1 heterocycles. The Balaban J connectivity index is 1.72. The first kappa shape index (κ1) is 16.0. The van der Waals surface area contributed by atoms with Gasteiger partial charge in [-0.05, 0) is 24.3 Å². The Kier molecular flexibility index (Phi) is 5.08. The van der Waals surface area contributed by atoms with Crippen molar-refractivity contribution >= 4 is 28.1 Å². The molecule has 0 spiro atoms. The molecule has 0 radical (unpaired) electrons. The number of hydrogen-bond donors (Lipinski definition) is 1. The topological polar surface area (TPSA) is 54.5 Å². The lowest BCUT2D eigenvalue weighted by molar-refractivity contribution is -0.116. The summed E-state index contributed by atoms with van der Waals surface area (Å²) in [4.78, 5) is 18.1. The second-order valence-electron chi connectivity index (χ2n) is 5.03. The van der Waals surface area contributed by atoms with Crippen molar-refractivity contribution in [1.29, 1.82) is 0 Å². The molecule has 0 bridgehead atoms. The minimum absolute atomic E-state index is 0.0747. The Morgan fingerprint density at radius 1 is 1.17 bits per heavy atom. The number of carbonyl (C=O) groups is 1. The van der Waals surface area contributed by atoms with Crippen LogP contribution in [-0.2, 0) is 4.79 Å². The van der Waals surface area contributed by atoms with E-state index >= 15 is 0 Å². The molecular formula is C18H17N3O2S. The van der Waals surface area contributed by atoms with Gasteiger partial charge in [0.05, 0.1) is 12.2 Å². The monoisotopic (exact) mass is 339 g/mol. The van der Waals surface area contributed by atoms with Crippen LogP contribution in [0.2, 0.25) is 0 Å². The highest BCUT2D eigenvalue weighted by molar-refractivity contribution is 7.13. The summed E-state index contributed by atoms with van der Waals surface area (Å²) in [5, 5.41) is 5.61. The molecule has 5 nitrogen and oxygen atoms in total. The van der Waals surface area contributed by atoms with Crippen LogP contribution < -0.4 is 15.0 Å². The summed E-state index contributed by atoms with van der Waals surface area (Å²) < 4.78 is 5.91. The second kappa shape index (κ2) is 7.61. The molecule has 6 heteroatoms. The van der Waals surface area contributed by atoms with Crippen molar-refractivity contribution in [3.63, 3.8) is 0 Å². The zero-order chi connectivity index (χ0) is 16.8. The number of likely N-dealkylation sites (N-methyl/N-ethyl adjacent to an activating group) is 1. The molecule has 1 aromatic heterocycles. The van der Waals surface area contributed by atoms with E-state index in [1.54, 1.807) is 18.1 Å². The second-order valence-corrected chi connectivity index (χ2v) is 5.92. The van der Waals surface area contributed by atoms with Gasteiger partial charge in [0.25, 0.3) is 0 Å². The molecule has 0 saturated carbocycles. The van der Waals surface area contributed by atoms with Gasteiger partial charge in [0.2, 0.25) is 5.91 Å². The lowest BCUT2D eigenvalue weighted by Crippen LogP contribution is -2.32. The number of para-hydroxylation sites is 3. The maximum atomic E-state index is 12.4. The zero-order valence-electron chi connectivity index (χ0n) is 13.2. The summed E-state index contributed by atoms with van der Waals surface area (Å²) in [5.41, 5.74) is 0.715. The van der Waals surface area contributed by atoms with Crippen molar-refractivity contribution in [2.45, 2.75) is 0 Å². The standard InChI is InChI=1S/C18H17N3O2S/c1-21(17(22)13-20-18-19-11-12-24-18)15-9-5-6-10-16(15)23-14-7-3-2-4-8-14/h2-12H,13H2,1H3,(H,19,20). The molecular weight excluding hydrogens is 322 g/mol. The first-order chi connectivity index (χ1) is 11.7. The van der Waals surface area contributed by atoms with Crippen LogP contribution >= 0.6 is 11.3 Å². The van der Waals surface area contributed by atoms with E-state index in [1.165, 1.54) is 11.3 Å². The fourth-order valence-electron chi connectivity index (χ4n) is 2.15. The number of amides is 1. The molecule has 0 aliphatic carbocycles. The van der Waals surface area contributed by atoms with Gasteiger partial charge in [-0.2, -0.15) is 0 Å². The van der Waals surface area contributed by atoms with Crippen LogP contribution in [0.4, 0.5) is 10.8 Å². The van der Waals surface area contributed by atoms with Gasteiger partial charge in [-0.25, -0.2) is 4.98 Å². The third-order valence-electron chi connectivity index (χ3n) is 3.39. The Morgan fingerprint density at radius 2 is 1.92 bits per heavy atom. The van der Waals surface area contributed by atoms with Crippen LogP contribution in [0.25, 0.3) is 0 Å². The van der Waals surface area contributed by atoms with Crippen molar-refractivity contribution in [3.05, 3.63) is 66.2 Å². The van der Waals surface area contributed by atoms with Gasteiger partial charge in [-0.15, -0.1) is 11.3 Å². The molecule has 2 aromatic carbocycles. The number of nitrogens with one attached hydrogen (secondary N) is 1. The van der Waals surface area contributed by atoms with Crippen LogP contribution in [0.3, 0.4) is 0 Å². The summed E-state index contributed by atoms with van der Waals surface area (Å²) in [7, 11) is 1.74. The summed E-state index contributed by atoms with van der Waals surface area (Å²) in [6, 6.07) is 17.0. The van der Waals surface area contributed by atoms with Crippen LogP contribution in [-0.4, -0.2) is 24.5 Å². The highest BCUT2D eigenvalue weighted by Crippen LogP contribution is 2.31. The normalized spacial score (nSPS) is 10.2. The first-order valence-electron chi connectivity index (χ1n) is 7.46. The fraction of sp³-hybridized carbons (Fsp3) is 0.111. The van der Waals surface area contributed by atoms with Crippen molar-refractivity contribution in [2.24, 2.45) is 0 Å². The van der Waals surface area contributed by atoms with Gasteiger partial charge in [0, 0.05) is 18.6 Å². The summed E-state index contributed by atoms with van der Waals surface area (Å²) in [6.45, 7) is 0.170. The van der Waals surface area contributed by atoms with Crippen molar-refractivity contribution in [1.82, 2.24) is 4.98 Å². The van der Waals surface area contributed by atoms with Crippen molar-refractivity contribution in [3.8, 4) is 11.5 Å². The molecule has 0 saturated heterocycles. The van der Waals surface area contributed by atoms with Crippen molar-refractivity contribution in [2.75, 3.05) is 23.8 Å². The summed E-state index contributed by atoms with van der Waals surface area (Å²) in [6.07, 6.45) is 1.70. The van der Waals surface area contributed by atoms with E-state index in [2.05, 4.69) is 10.3 Å². The van der Waals surface area contributed by atoms with Crippen molar-refractivity contribution < 1.29 is 9.53 Å². The number of aromatic nitrogens is 1. The molecule has 3 aromatic rings. The molecule has 1 N–H and O–H groups in total. The molecule has 3 rings (SSSR count). The van der Waals surface area contributed by atoms with Crippen LogP contribution in [0.15, 0.2) is 66.2 Å². The Bertz CT molecular complexity index is 791. The third kappa shape index (κ3) is 3.91. The van der Waals surface area contributed by atoms with E-state index in [0.717, 1.165) is 10.9 Å². The Morgan fingerprint density at radius 3 is 2.67 bits per heavy atom. The molecule has 0 atom stereocenters. The fourth-order valence-corrected chi connectivity index (χ4v) is 2.68. The van der Waals surface area contributed by atoms with E-state index in [9.17, 15) is 4.79 Å². The maximum Gasteiger partial charge on any atom is 0.246 e. The van der Waals surface area contributed by atoms with Gasteiger partial charge in [0.1, 0.15) is 5.75 Å². The van der Waals surface area contributed by atoms with E-state index in [0.29, 0.717) is 11.4 Å². The van der Waals surface area contributed by atoms with Crippen LogP contribution in [0, 0.1) is 0 Å². The van der Waals surface area contributed by atoms with Gasteiger partial charge in [0.15, 0.2) is 10.9 Å². The SMILES string of the molecule is CN(C(=O)CNc1nccs1)c1ccccc1Oc1ccccc1. The van der Waals surface area contributed by atoms with Gasteiger partial charge in [-0.1, -0.05) is 30.3 Å². The summed E-state index contributed by atoms with van der Waals surface area (Å²) in [5.74, 6) is 1.29. The van der Waals surface area contributed by atoms with E-state index in [-0.39, 0.29) is 12.5 Å². The molecule has 0 aliphatic rings. The quantitative estimate of drug-likeness (QED) is 0.737. The van der Waals surface area contributed by atoms with Gasteiger partial charge in [-0.3, -0.25) is 4.79 Å². The van der Waals surface area contributed by atoms with Gasteiger partial charge >= 0.3 is 0 Å². The molecule has 0 fully saturated rings. The number of ether oxygens (including phenoxy) is 1. The molecule has 24 heavy (non-hydrogen) atoms.